The van der Waals surface area contributed by atoms with Gasteiger partial charge in [-0.2, -0.15) is 0 Å². The van der Waals surface area contributed by atoms with Gasteiger partial charge in [0.15, 0.2) is 0 Å². The van der Waals surface area contributed by atoms with E-state index in [4.69, 9.17) is 0 Å². The molecule has 0 saturated heterocycles. The van der Waals surface area contributed by atoms with Crippen LogP contribution in [0.2, 0.25) is 0 Å². The van der Waals surface area contributed by atoms with Gasteiger partial charge < -0.3 is 9.47 Å². The Morgan fingerprint density at radius 1 is 0.710 bits per heavy atom. The zero-order chi connectivity index (χ0) is 41.6. The maximum absolute atomic E-state index is 2.78. The highest BCUT2D eigenvalue weighted by Gasteiger charge is 2.62. The molecule has 8 atom stereocenters. The fraction of sp³-hybridized carbons (Fsp3) is 0.288. The number of fused-ring (bicyclic) bond motifs is 6. The highest BCUT2D eigenvalue weighted by atomic mass is 32.2. The molecule has 1 fully saturated rings. The van der Waals surface area contributed by atoms with Gasteiger partial charge in [0, 0.05) is 49.9 Å². The standard InChI is InChI=1S/C59H56N2S/c1-40-29-31-51(42(3)35-40)59(43-18-7-4-8-19-43,44-20-9-5-10-21-44)62-48-25-16-24-47(37-48)61-54-27-14-13-26-49(54)52-38-57(33-34-58(52,61)39-57)45-30-32-53-50(36-45)56-41(2)17-15-28-55(56)60(53)46-22-11-6-12-23-46/h4-16,18-20,22-32,36-38,40-42,44,51H,17,21,33-35,39H2,1-3H3. The number of aromatic nitrogens is 1. The first-order valence-electron chi connectivity index (χ1n) is 23.3. The summed E-state index contributed by atoms with van der Waals surface area (Å²) >= 11 is 2.13. The smallest absolute Gasteiger partial charge is 0.0718 e. The zero-order valence-corrected chi connectivity index (χ0v) is 37.1. The maximum atomic E-state index is 2.78. The Balaban J connectivity index is 0.963. The van der Waals surface area contributed by atoms with Crippen LogP contribution in [0.15, 0.2) is 181 Å². The van der Waals surface area contributed by atoms with Crippen LogP contribution >= 0.6 is 11.8 Å². The van der Waals surface area contributed by atoms with Crippen molar-refractivity contribution in [1.29, 1.82) is 0 Å². The highest BCUT2D eigenvalue weighted by molar-refractivity contribution is 8.00. The molecule has 1 aliphatic heterocycles. The molecule has 6 aromatic rings. The average molecular weight is 825 g/mol. The van der Waals surface area contributed by atoms with Crippen molar-refractivity contribution in [2.45, 2.75) is 85.8 Å². The quantitative estimate of drug-likeness (QED) is 0.112. The van der Waals surface area contributed by atoms with Crippen molar-refractivity contribution >= 4 is 45.7 Å². The molecule has 62 heavy (non-hydrogen) atoms. The lowest BCUT2D eigenvalue weighted by Gasteiger charge is -2.49. The van der Waals surface area contributed by atoms with Crippen LogP contribution in [0.25, 0.3) is 28.2 Å². The molecule has 2 nitrogen and oxygen atoms in total. The summed E-state index contributed by atoms with van der Waals surface area (Å²) in [4.78, 5) is 4.13. The van der Waals surface area contributed by atoms with Gasteiger partial charge in [0.25, 0.3) is 0 Å². The molecule has 0 N–H and O–H groups in total. The van der Waals surface area contributed by atoms with E-state index in [0.29, 0.717) is 29.6 Å². The predicted molar refractivity (Wildman–Crippen MR) is 263 cm³/mol. The molecule has 308 valence electrons. The second kappa shape index (κ2) is 14.5. The van der Waals surface area contributed by atoms with Crippen LogP contribution in [0.1, 0.15) is 93.2 Å². The van der Waals surface area contributed by atoms with Gasteiger partial charge in [0.2, 0.25) is 0 Å². The monoisotopic (exact) mass is 824 g/mol. The van der Waals surface area contributed by atoms with Gasteiger partial charge in [-0.3, -0.25) is 0 Å². The van der Waals surface area contributed by atoms with Crippen LogP contribution < -0.4 is 4.90 Å². The van der Waals surface area contributed by atoms with E-state index in [1.165, 1.54) is 72.8 Å². The Hall–Kier alpha value is -5.51. The molecular weight excluding hydrogens is 769 g/mol. The summed E-state index contributed by atoms with van der Waals surface area (Å²) in [5.74, 6) is 2.41. The predicted octanol–water partition coefficient (Wildman–Crippen LogP) is 15.5. The Morgan fingerprint density at radius 2 is 1.52 bits per heavy atom. The first kappa shape index (κ1) is 38.2. The van der Waals surface area contributed by atoms with Crippen molar-refractivity contribution in [3.8, 4) is 5.69 Å². The maximum Gasteiger partial charge on any atom is 0.0718 e. The van der Waals surface area contributed by atoms with E-state index in [9.17, 15) is 0 Å². The number of allylic oxidation sites excluding steroid dienone is 8. The van der Waals surface area contributed by atoms with E-state index in [1.54, 1.807) is 0 Å². The Bertz CT molecular complexity index is 2880. The molecule has 5 aliphatic carbocycles. The molecule has 1 aromatic heterocycles. The summed E-state index contributed by atoms with van der Waals surface area (Å²) in [5.41, 5.74) is 13.8. The van der Waals surface area contributed by atoms with E-state index < -0.39 is 0 Å². The van der Waals surface area contributed by atoms with Gasteiger partial charge in [-0.15, -0.1) is 11.8 Å². The van der Waals surface area contributed by atoms with Crippen LogP contribution in [0.3, 0.4) is 0 Å². The number of nitrogens with zero attached hydrogens (tertiary/aromatic N) is 2. The molecule has 12 rings (SSSR count). The summed E-state index contributed by atoms with van der Waals surface area (Å²) in [6.45, 7) is 7.30. The van der Waals surface area contributed by atoms with Crippen molar-refractivity contribution in [2.24, 2.45) is 23.7 Å². The van der Waals surface area contributed by atoms with Gasteiger partial charge in [-0.25, -0.2) is 0 Å². The zero-order valence-electron chi connectivity index (χ0n) is 36.3. The second-order valence-electron chi connectivity index (χ2n) is 19.5. The van der Waals surface area contributed by atoms with E-state index in [-0.39, 0.29) is 15.7 Å². The average Bonchev–Trinajstić information content (AvgIpc) is 4.04. The summed E-state index contributed by atoms with van der Waals surface area (Å²) in [6.07, 6.45) is 28.7. The largest absolute Gasteiger partial charge is 0.331 e. The van der Waals surface area contributed by atoms with E-state index in [1.807, 2.05) is 0 Å². The molecule has 2 heterocycles. The molecule has 8 unspecified atom stereocenters. The summed E-state index contributed by atoms with van der Waals surface area (Å²) in [7, 11) is 0. The molecule has 1 saturated carbocycles. The number of para-hydroxylation sites is 2. The number of hydrogen-bond donors (Lipinski definition) is 0. The van der Waals surface area contributed by atoms with Gasteiger partial charge in [0.1, 0.15) is 0 Å². The number of rotatable bonds is 8. The molecule has 1 spiro atoms. The highest BCUT2D eigenvalue weighted by Crippen LogP contribution is 2.68. The topological polar surface area (TPSA) is 8.17 Å². The fourth-order valence-electron chi connectivity index (χ4n) is 13.3. The van der Waals surface area contributed by atoms with E-state index >= 15 is 0 Å². The molecule has 0 radical (unpaired) electrons. The van der Waals surface area contributed by atoms with Gasteiger partial charge >= 0.3 is 0 Å². The molecular formula is C59H56N2S. The summed E-state index contributed by atoms with van der Waals surface area (Å²) < 4.78 is 2.34. The summed E-state index contributed by atoms with van der Waals surface area (Å²) in [5, 5.41) is 1.42. The van der Waals surface area contributed by atoms with Crippen molar-refractivity contribution in [3.05, 3.63) is 204 Å². The lowest BCUT2D eigenvalue weighted by atomic mass is 9.65. The van der Waals surface area contributed by atoms with Crippen molar-refractivity contribution in [2.75, 3.05) is 4.90 Å². The third-order valence-electron chi connectivity index (χ3n) is 15.9. The van der Waals surface area contributed by atoms with E-state index in [2.05, 4.69) is 224 Å². The minimum atomic E-state index is -0.163. The van der Waals surface area contributed by atoms with Gasteiger partial charge in [-0.05, 0) is 139 Å². The molecule has 3 heteroatoms. The first-order valence-corrected chi connectivity index (χ1v) is 24.1. The Labute approximate surface area is 372 Å². The number of benzene rings is 5. The fourth-order valence-corrected chi connectivity index (χ4v) is 15.0. The molecule has 6 aliphatic rings. The second-order valence-corrected chi connectivity index (χ2v) is 20.9. The SMILES string of the molecule is CC1C=CC(C(Sc2cccc(N3c4ccccc4C4=CC5(c6ccc7c(c6)c6c(n7-c7ccccc7)C=CCC6C)CCC43C5)c2)(c2ccccc2)C2C=CC=CC2)C(C)C1. The van der Waals surface area contributed by atoms with E-state index in [0.717, 1.165) is 32.1 Å². The molecule has 5 aromatic carbocycles. The number of anilines is 2. The number of hydrogen-bond acceptors (Lipinski definition) is 2. The molecule has 0 amide bonds. The number of thioether (sulfide) groups is 1. The van der Waals surface area contributed by atoms with Gasteiger partial charge in [0.05, 0.1) is 15.8 Å². The van der Waals surface area contributed by atoms with Crippen LogP contribution in [-0.2, 0) is 10.2 Å². The van der Waals surface area contributed by atoms with Crippen molar-refractivity contribution in [1.82, 2.24) is 4.57 Å². The molecule has 2 bridgehead atoms. The van der Waals surface area contributed by atoms with Crippen LogP contribution in [-0.4, -0.2) is 10.1 Å². The van der Waals surface area contributed by atoms with Crippen LogP contribution in [0, 0.1) is 23.7 Å². The first-order chi connectivity index (χ1) is 30.4. The lowest BCUT2D eigenvalue weighted by molar-refractivity contribution is 0.241. The lowest BCUT2D eigenvalue weighted by Crippen LogP contribution is -2.43. The van der Waals surface area contributed by atoms with Crippen molar-refractivity contribution in [3.63, 3.8) is 0 Å². The Kier molecular flexibility index (Phi) is 8.95. The normalized spacial score (nSPS) is 28.8. The minimum absolute atomic E-state index is 0.0129. The van der Waals surface area contributed by atoms with Crippen molar-refractivity contribution < 1.29 is 0 Å². The summed E-state index contributed by atoms with van der Waals surface area (Å²) in [6, 6.07) is 48.9. The van der Waals surface area contributed by atoms with Crippen LogP contribution in [0.5, 0.6) is 0 Å². The van der Waals surface area contributed by atoms with Crippen LogP contribution in [0.4, 0.5) is 11.4 Å². The third kappa shape index (κ3) is 5.62. The minimum Gasteiger partial charge on any atom is -0.331 e. The Morgan fingerprint density at radius 3 is 2.34 bits per heavy atom. The van der Waals surface area contributed by atoms with Gasteiger partial charge in [-0.1, -0.05) is 148 Å². The third-order valence-corrected chi connectivity index (χ3v) is 17.5.